The number of rotatable bonds is 2. The van der Waals surface area contributed by atoms with E-state index in [1.54, 1.807) is 6.07 Å². The molecule has 0 bridgehead atoms. The Morgan fingerprint density at radius 3 is 2.69 bits per heavy atom. The van der Waals surface area contributed by atoms with Gasteiger partial charge < -0.3 is 4.74 Å². The molecule has 3 nitrogen and oxygen atoms in total. The van der Waals surface area contributed by atoms with Gasteiger partial charge in [0.25, 0.3) is 0 Å². The third-order valence-corrected chi connectivity index (χ3v) is 3.06. The van der Waals surface area contributed by atoms with E-state index in [1.807, 2.05) is 25.1 Å². The minimum Gasteiger partial charge on any atom is -0.450 e. The number of Topliss-reactive ketones (excluding diaryl/α,β-unsaturated/α-hetero) is 1. The van der Waals surface area contributed by atoms with Gasteiger partial charge in [-0.05, 0) is 12.0 Å². The van der Waals surface area contributed by atoms with Gasteiger partial charge in [-0.3, -0.25) is 9.59 Å². The molecule has 1 aromatic carbocycles. The molecule has 1 aliphatic rings. The van der Waals surface area contributed by atoms with E-state index in [0.29, 0.717) is 18.4 Å². The molecule has 1 atom stereocenters. The van der Waals surface area contributed by atoms with Crippen molar-refractivity contribution in [3.63, 3.8) is 0 Å². The summed E-state index contributed by atoms with van der Waals surface area (Å²) in [6, 6.07) is 7.43. The van der Waals surface area contributed by atoms with Crippen LogP contribution in [0, 0.1) is 0 Å². The Morgan fingerprint density at radius 2 is 2.12 bits per heavy atom. The van der Waals surface area contributed by atoms with Gasteiger partial charge in [0.05, 0.1) is 0 Å². The summed E-state index contributed by atoms with van der Waals surface area (Å²) < 4.78 is 5.25. The Labute approximate surface area is 94.4 Å². The van der Waals surface area contributed by atoms with Gasteiger partial charge in [-0.25, -0.2) is 0 Å². The molecule has 2 rings (SSSR count). The molecular weight excluding hydrogens is 204 g/mol. The van der Waals surface area contributed by atoms with E-state index < -0.39 is 11.6 Å². The van der Waals surface area contributed by atoms with Gasteiger partial charge in [-0.2, -0.15) is 0 Å². The van der Waals surface area contributed by atoms with Crippen LogP contribution >= 0.6 is 0 Å². The van der Waals surface area contributed by atoms with Crippen LogP contribution in [0.15, 0.2) is 24.3 Å². The fourth-order valence-electron chi connectivity index (χ4n) is 2.24. The molecule has 0 N–H and O–H groups in total. The fourth-order valence-corrected chi connectivity index (χ4v) is 2.24. The molecule has 0 radical (unpaired) electrons. The molecule has 0 aromatic heterocycles. The number of hydrogen-bond acceptors (Lipinski definition) is 3. The Bertz CT molecular complexity index is 450. The number of ether oxygens (including phenoxy) is 1. The van der Waals surface area contributed by atoms with Crippen molar-refractivity contribution >= 4 is 11.8 Å². The fraction of sp³-hybridized carbons (Fsp3) is 0.385. The van der Waals surface area contributed by atoms with E-state index in [9.17, 15) is 9.59 Å². The lowest BCUT2D eigenvalue weighted by Gasteiger charge is -2.25. The normalized spacial score (nSPS) is 23.0. The first-order valence-electron chi connectivity index (χ1n) is 5.41. The average molecular weight is 218 g/mol. The molecule has 1 aliphatic carbocycles. The first kappa shape index (κ1) is 10.9. The van der Waals surface area contributed by atoms with Gasteiger partial charge in [0.1, 0.15) is 0 Å². The third kappa shape index (κ3) is 1.52. The highest BCUT2D eigenvalue weighted by atomic mass is 16.6. The zero-order chi connectivity index (χ0) is 11.8. The van der Waals surface area contributed by atoms with Crippen molar-refractivity contribution in [1.29, 1.82) is 0 Å². The van der Waals surface area contributed by atoms with E-state index in [-0.39, 0.29) is 5.78 Å². The lowest BCUT2D eigenvalue weighted by atomic mass is 9.95. The van der Waals surface area contributed by atoms with Crippen LogP contribution in [0.2, 0.25) is 0 Å². The van der Waals surface area contributed by atoms with E-state index >= 15 is 0 Å². The van der Waals surface area contributed by atoms with Gasteiger partial charge in [-0.15, -0.1) is 0 Å². The minimum absolute atomic E-state index is 0.0687. The molecule has 1 aromatic rings. The van der Waals surface area contributed by atoms with Crippen molar-refractivity contribution < 1.29 is 14.3 Å². The molecule has 0 saturated heterocycles. The highest BCUT2D eigenvalue weighted by molar-refractivity contribution is 6.07. The number of fused-ring (bicyclic) bond motifs is 1. The van der Waals surface area contributed by atoms with Crippen LogP contribution in [-0.4, -0.2) is 17.4 Å². The van der Waals surface area contributed by atoms with Gasteiger partial charge >= 0.3 is 5.97 Å². The first-order valence-corrected chi connectivity index (χ1v) is 5.41. The summed E-state index contributed by atoms with van der Waals surface area (Å²) in [4.78, 5) is 23.3. The standard InChI is InChI=1S/C13H14O3/c1-3-13(16-9(2)14)8-10-6-4-5-7-11(10)12(13)15/h4-7H,3,8H2,1-2H3. The van der Waals surface area contributed by atoms with E-state index in [2.05, 4.69) is 0 Å². The summed E-state index contributed by atoms with van der Waals surface area (Å²) >= 11 is 0. The predicted octanol–water partition coefficient (Wildman–Crippen LogP) is 2.14. The second kappa shape index (κ2) is 3.74. The van der Waals surface area contributed by atoms with Crippen LogP contribution in [0.4, 0.5) is 0 Å². The van der Waals surface area contributed by atoms with Crippen LogP contribution in [0.5, 0.6) is 0 Å². The lowest BCUT2D eigenvalue weighted by molar-refractivity contribution is -0.152. The summed E-state index contributed by atoms with van der Waals surface area (Å²) in [5.41, 5.74) is 0.691. The average Bonchev–Trinajstić information content (AvgIpc) is 2.53. The smallest absolute Gasteiger partial charge is 0.303 e. The van der Waals surface area contributed by atoms with Crippen molar-refractivity contribution in [1.82, 2.24) is 0 Å². The molecule has 84 valence electrons. The molecule has 0 heterocycles. The van der Waals surface area contributed by atoms with Crippen LogP contribution in [0.3, 0.4) is 0 Å². The van der Waals surface area contributed by atoms with Crippen molar-refractivity contribution in [2.45, 2.75) is 32.3 Å². The quantitative estimate of drug-likeness (QED) is 0.714. The zero-order valence-corrected chi connectivity index (χ0v) is 9.45. The molecule has 0 spiro atoms. The predicted molar refractivity (Wildman–Crippen MR) is 59.3 cm³/mol. The third-order valence-electron chi connectivity index (χ3n) is 3.06. The van der Waals surface area contributed by atoms with Crippen LogP contribution in [0.1, 0.15) is 36.2 Å². The maximum Gasteiger partial charge on any atom is 0.303 e. The maximum atomic E-state index is 12.2. The van der Waals surface area contributed by atoms with E-state index in [0.717, 1.165) is 5.56 Å². The minimum atomic E-state index is -0.963. The topological polar surface area (TPSA) is 43.4 Å². The van der Waals surface area contributed by atoms with E-state index in [4.69, 9.17) is 4.74 Å². The molecule has 1 unspecified atom stereocenters. The monoisotopic (exact) mass is 218 g/mol. The molecule has 0 saturated carbocycles. The van der Waals surface area contributed by atoms with Gasteiger partial charge in [0.15, 0.2) is 5.60 Å². The molecule has 16 heavy (non-hydrogen) atoms. The summed E-state index contributed by atoms with van der Waals surface area (Å²) in [6.07, 6.45) is 1.01. The Morgan fingerprint density at radius 1 is 1.44 bits per heavy atom. The Kier molecular flexibility index (Phi) is 2.54. The molecule has 0 aliphatic heterocycles. The Hall–Kier alpha value is -1.64. The number of benzene rings is 1. The van der Waals surface area contributed by atoms with Gasteiger partial charge in [0, 0.05) is 18.9 Å². The zero-order valence-electron chi connectivity index (χ0n) is 9.45. The summed E-state index contributed by atoms with van der Waals surface area (Å²) in [7, 11) is 0. The van der Waals surface area contributed by atoms with E-state index in [1.165, 1.54) is 6.92 Å². The number of esters is 1. The van der Waals surface area contributed by atoms with Crippen molar-refractivity contribution in [3.8, 4) is 0 Å². The number of carbonyl (C=O) groups is 2. The van der Waals surface area contributed by atoms with Gasteiger partial charge in [0.2, 0.25) is 5.78 Å². The van der Waals surface area contributed by atoms with Crippen LogP contribution in [0.25, 0.3) is 0 Å². The van der Waals surface area contributed by atoms with Crippen LogP contribution in [-0.2, 0) is 16.0 Å². The second-order valence-electron chi connectivity index (χ2n) is 4.10. The second-order valence-corrected chi connectivity index (χ2v) is 4.10. The lowest BCUT2D eigenvalue weighted by Crippen LogP contribution is -2.40. The Balaban J connectivity index is 2.41. The molecular formula is C13H14O3. The molecule has 3 heteroatoms. The number of hydrogen-bond donors (Lipinski definition) is 0. The van der Waals surface area contributed by atoms with Crippen molar-refractivity contribution in [3.05, 3.63) is 35.4 Å². The first-order chi connectivity index (χ1) is 7.59. The highest BCUT2D eigenvalue weighted by Crippen LogP contribution is 2.35. The molecule has 0 amide bonds. The van der Waals surface area contributed by atoms with Crippen molar-refractivity contribution in [2.24, 2.45) is 0 Å². The van der Waals surface area contributed by atoms with Gasteiger partial charge in [-0.1, -0.05) is 31.2 Å². The van der Waals surface area contributed by atoms with Crippen molar-refractivity contribution in [2.75, 3.05) is 0 Å². The molecule has 0 fully saturated rings. The highest BCUT2D eigenvalue weighted by Gasteiger charge is 2.46. The summed E-state index contributed by atoms with van der Waals surface area (Å²) in [5.74, 6) is -0.469. The largest absolute Gasteiger partial charge is 0.450 e. The number of carbonyl (C=O) groups excluding carboxylic acids is 2. The SMILES string of the molecule is CCC1(OC(C)=O)Cc2ccccc2C1=O. The van der Waals surface area contributed by atoms with Crippen LogP contribution < -0.4 is 0 Å². The maximum absolute atomic E-state index is 12.2. The number of ketones is 1. The summed E-state index contributed by atoms with van der Waals surface area (Å²) in [5, 5.41) is 0. The summed E-state index contributed by atoms with van der Waals surface area (Å²) in [6.45, 7) is 3.21.